The van der Waals surface area contributed by atoms with Gasteiger partial charge in [-0.25, -0.2) is 0 Å². The Bertz CT molecular complexity index is 600. The third kappa shape index (κ3) is 1.67. The van der Waals surface area contributed by atoms with Crippen molar-refractivity contribution in [2.45, 2.75) is 57.5 Å². The van der Waals surface area contributed by atoms with Gasteiger partial charge in [0.05, 0.1) is 5.60 Å². The molecule has 3 aliphatic rings. The van der Waals surface area contributed by atoms with E-state index in [2.05, 4.69) is 44.7 Å². The van der Waals surface area contributed by atoms with Crippen LogP contribution in [0.3, 0.4) is 0 Å². The fraction of sp³-hybridized carbons (Fsp3) is 0.600. The minimum Gasteiger partial charge on any atom is -0.390 e. The molecule has 0 heterocycles. The standard InChI is InChI=1S/C20H26O/c1-13-12-17-16(15-7-5-4-6-14(13)15)8-10-19(2)18(17)9-11-20(19,3)21/h4-7,16-18,21H,1,8-12H2,2-3H3. The fourth-order valence-electron chi connectivity index (χ4n) is 5.74. The average molecular weight is 282 g/mol. The molecular weight excluding hydrogens is 256 g/mol. The minimum atomic E-state index is -0.485. The van der Waals surface area contributed by atoms with Crippen molar-refractivity contribution in [1.82, 2.24) is 0 Å². The third-order valence-electron chi connectivity index (χ3n) is 7.22. The first-order valence-corrected chi connectivity index (χ1v) is 8.43. The van der Waals surface area contributed by atoms with Crippen LogP contribution < -0.4 is 0 Å². The lowest BCUT2D eigenvalue weighted by molar-refractivity contribution is -0.0879. The molecule has 1 heteroatoms. The minimum absolute atomic E-state index is 0.0979. The van der Waals surface area contributed by atoms with Gasteiger partial charge >= 0.3 is 0 Å². The van der Waals surface area contributed by atoms with Gasteiger partial charge in [-0.2, -0.15) is 0 Å². The van der Waals surface area contributed by atoms with E-state index in [-0.39, 0.29) is 5.41 Å². The van der Waals surface area contributed by atoms with Crippen molar-refractivity contribution in [3.05, 3.63) is 42.0 Å². The van der Waals surface area contributed by atoms with Crippen molar-refractivity contribution in [2.24, 2.45) is 17.3 Å². The van der Waals surface area contributed by atoms with Crippen LogP contribution in [0.25, 0.3) is 5.57 Å². The van der Waals surface area contributed by atoms with E-state index in [9.17, 15) is 5.11 Å². The van der Waals surface area contributed by atoms with Crippen molar-refractivity contribution in [3.8, 4) is 0 Å². The summed E-state index contributed by atoms with van der Waals surface area (Å²) in [6, 6.07) is 8.87. The lowest BCUT2D eigenvalue weighted by Gasteiger charge is -2.52. The number of rotatable bonds is 0. The molecule has 3 aliphatic carbocycles. The van der Waals surface area contributed by atoms with Crippen molar-refractivity contribution in [1.29, 1.82) is 0 Å². The molecular formula is C20H26O. The predicted molar refractivity (Wildman–Crippen MR) is 87.0 cm³/mol. The van der Waals surface area contributed by atoms with Gasteiger partial charge in [-0.15, -0.1) is 0 Å². The fourth-order valence-corrected chi connectivity index (χ4v) is 5.74. The van der Waals surface area contributed by atoms with Gasteiger partial charge in [0.1, 0.15) is 0 Å². The maximum Gasteiger partial charge on any atom is 0.0675 e. The molecule has 0 aliphatic heterocycles. The SMILES string of the molecule is C=C1CC2C(CCC3(C)C2CCC3(C)O)c2ccccc21. The Hall–Kier alpha value is -1.08. The smallest absolute Gasteiger partial charge is 0.0675 e. The molecule has 0 radical (unpaired) electrons. The summed E-state index contributed by atoms with van der Waals surface area (Å²) >= 11 is 0. The number of hydrogen-bond donors (Lipinski definition) is 1. The lowest BCUT2D eigenvalue weighted by atomic mass is 9.53. The number of fused-ring (bicyclic) bond motifs is 5. The van der Waals surface area contributed by atoms with Gasteiger partial charge in [-0.05, 0) is 78.9 Å². The Morgan fingerprint density at radius 2 is 1.90 bits per heavy atom. The van der Waals surface area contributed by atoms with Gasteiger partial charge in [0.25, 0.3) is 0 Å². The summed E-state index contributed by atoms with van der Waals surface area (Å²) < 4.78 is 0. The molecule has 112 valence electrons. The monoisotopic (exact) mass is 282 g/mol. The second-order valence-electron chi connectivity index (χ2n) is 8.04. The third-order valence-corrected chi connectivity index (χ3v) is 7.22. The van der Waals surface area contributed by atoms with E-state index < -0.39 is 5.60 Å². The summed E-state index contributed by atoms with van der Waals surface area (Å²) in [5.41, 5.74) is 3.84. The first kappa shape index (κ1) is 13.6. The van der Waals surface area contributed by atoms with Gasteiger partial charge < -0.3 is 5.11 Å². The maximum atomic E-state index is 10.9. The van der Waals surface area contributed by atoms with E-state index in [0.29, 0.717) is 17.8 Å². The Labute approximate surface area is 128 Å². The Kier molecular flexibility index (Phi) is 2.73. The van der Waals surface area contributed by atoms with E-state index in [1.54, 1.807) is 0 Å². The van der Waals surface area contributed by atoms with Crippen LogP contribution in [0.4, 0.5) is 0 Å². The second kappa shape index (κ2) is 4.23. The zero-order valence-electron chi connectivity index (χ0n) is 13.2. The summed E-state index contributed by atoms with van der Waals surface area (Å²) in [7, 11) is 0. The molecule has 1 nitrogen and oxygen atoms in total. The Morgan fingerprint density at radius 3 is 2.71 bits per heavy atom. The first-order chi connectivity index (χ1) is 9.94. The van der Waals surface area contributed by atoms with Crippen LogP contribution in [0.5, 0.6) is 0 Å². The van der Waals surface area contributed by atoms with Crippen LogP contribution in [-0.2, 0) is 0 Å². The van der Waals surface area contributed by atoms with Gasteiger partial charge in [0, 0.05) is 0 Å². The summed E-state index contributed by atoms with van der Waals surface area (Å²) in [5.74, 6) is 2.01. The van der Waals surface area contributed by atoms with Crippen molar-refractivity contribution in [2.75, 3.05) is 0 Å². The van der Waals surface area contributed by atoms with Gasteiger partial charge in [0.15, 0.2) is 0 Å². The van der Waals surface area contributed by atoms with Crippen LogP contribution in [0.1, 0.15) is 63.0 Å². The van der Waals surface area contributed by atoms with Crippen molar-refractivity contribution in [3.63, 3.8) is 0 Å². The quantitative estimate of drug-likeness (QED) is 0.727. The highest BCUT2D eigenvalue weighted by molar-refractivity contribution is 5.69. The van der Waals surface area contributed by atoms with Gasteiger partial charge in [-0.3, -0.25) is 0 Å². The molecule has 0 saturated heterocycles. The number of allylic oxidation sites excluding steroid dienone is 1. The molecule has 0 amide bonds. The van der Waals surface area contributed by atoms with Crippen LogP contribution >= 0.6 is 0 Å². The summed E-state index contributed by atoms with van der Waals surface area (Å²) in [4.78, 5) is 0. The molecule has 1 N–H and O–H groups in total. The van der Waals surface area contributed by atoms with E-state index >= 15 is 0 Å². The number of benzene rings is 1. The zero-order valence-corrected chi connectivity index (χ0v) is 13.2. The number of aliphatic hydroxyl groups is 1. The highest BCUT2D eigenvalue weighted by Gasteiger charge is 2.59. The van der Waals surface area contributed by atoms with E-state index in [1.165, 1.54) is 29.5 Å². The van der Waals surface area contributed by atoms with E-state index in [4.69, 9.17) is 0 Å². The molecule has 1 aromatic rings. The maximum absolute atomic E-state index is 10.9. The van der Waals surface area contributed by atoms with Crippen LogP contribution in [0.15, 0.2) is 30.8 Å². The molecule has 5 unspecified atom stereocenters. The molecule has 2 fully saturated rings. The molecule has 4 rings (SSSR count). The molecule has 21 heavy (non-hydrogen) atoms. The topological polar surface area (TPSA) is 20.2 Å². The Balaban J connectivity index is 1.77. The normalized spacial score (nSPS) is 44.9. The largest absolute Gasteiger partial charge is 0.390 e. The molecule has 0 spiro atoms. The second-order valence-corrected chi connectivity index (χ2v) is 8.04. The summed E-state index contributed by atoms with van der Waals surface area (Å²) in [6.07, 6.45) is 5.65. The van der Waals surface area contributed by atoms with Crippen LogP contribution in [0, 0.1) is 17.3 Å². The Morgan fingerprint density at radius 1 is 1.14 bits per heavy atom. The lowest BCUT2D eigenvalue weighted by Crippen LogP contribution is -2.49. The average Bonchev–Trinajstić information content (AvgIpc) is 2.70. The van der Waals surface area contributed by atoms with Crippen LogP contribution in [-0.4, -0.2) is 10.7 Å². The highest BCUT2D eigenvalue weighted by atomic mass is 16.3. The molecule has 2 saturated carbocycles. The molecule has 5 atom stereocenters. The van der Waals surface area contributed by atoms with Crippen molar-refractivity contribution >= 4 is 5.57 Å². The highest BCUT2D eigenvalue weighted by Crippen LogP contribution is 2.64. The summed E-state index contributed by atoms with van der Waals surface area (Å²) in [6.45, 7) is 8.76. The molecule has 1 aromatic carbocycles. The van der Waals surface area contributed by atoms with E-state index in [1.807, 2.05) is 0 Å². The van der Waals surface area contributed by atoms with Crippen molar-refractivity contribution < 1.29 is 5.11 Å². The summed E-state index contributed by atoms with van der Waals surface area (Å²) in [5, 5.41) is 10.9. The zero-order chi connectivity index (χ0) is 14.8. The predicted octanol–water partition coefficient (Wildman–Crippen LogP) is 4.76. The van der Waals surface area contributed by atoms with Gasteiger partial charge in [-0.1, -0.05) is 37.8 Å². The first-order valence-electron chi connectivity index (χ1n) is 8.43. The van der Waals surface area contributed by atoms with Crippen LogP contribution in [0.2, 0.25) is 0 Å². The number of hydrogen-bond acceptors (Lipinski definition) is 1. The van der Waals surface area contributed by atoms with E-state index in [0.717, 1.165) is 19.3 Å². The molecule has 0 bridgehead atoms. The molecule has 0 aromatic heterocycles. The van der Waals surface area contributed by atoms with Gasteiger partial charge in [0.2, 0.25) is 0 Å².